The van der Waals surface area contributed by atoms with Gasteiger partial charge in [0.2, 0.25) is 6.79 Å². The molecular weight excluding hydrogens is 401 g/mol. The van der Waals surface area contributed by atoms with Crippen LogP contribution in [0.1, 0.15) is 35.3 Å². The monoisotopic (exact) mass is 423 g/mol. The lowest BCUT2D eigenvalue weighted by Crippen LogP contribution is -2.40. The van der Waals surface area contributed by atoms with Gasteiger partial charge in [-0.05, 0) is 56.6 Å². The summed E-state index contributed by atoms with van der Waals surface area (Å²) in [7, 11) is 0. The SMILES string of the molecule is Cl.O=C(c1cc(Cl)c2c(c1)OCO2)N(Cc1ccccn1)C1CCCNCC1. The van der Waals surface area contributed by atoms with Gasteiger partial charge in [0.25, 0.3) is 5.91 Å². The molecule has 28 heavy (non-hydrogen) atoms. The van der Waals surface area contributed by atoms with Gasteiger partial charge in [-0.25, -0.2) is 0 Å². The van der Waals surface area contributed by atoms with Crippen molar-refractivity contribution in [2.75, 3.05) is 19.9 Å². The van der Waals surface area contributed by atoms with Crippen LogP contribution in [-0.4, -0.2) is 41.7 Å². The molecule has 2 aliphatic rings. The van der Waals surface area contributed by atoms with Crippen molar-refractivity contribution >= 4 is 29.9 Å². The number of carbonyl (C=O) groups excluding carboxylic acids is 1. The highest BCUT2D eigenvalue weighted by molar-refractivity contribution is 6.32. The maximum Gasteiger partial charge on any atom is 0.254 e. The quantitative estimate of drug-likeness (QED) is 0.812. The Morgan fingerprint density at radius 2 is 2.14 bits per heavy atom. The largest absolute Gasteiger partial charge is 0.454 e. The number of nitrogens with zero attached hydrogens (tertiary/aromatic N) is 2. The highest BCUT2D eigenvalue weighted by Gasteiger charge is 2.28. The maximum atomic E-state index is 13.4. The minimum Gasteiger partial charge on any atom is -0.454 e. The fourth-order valence-corrected chi connectivity index (χ4v) is 3.87. The van der Waals surface area contributed by atoms with Gasteiger partial charge in [-0.3, -0.25) is 9.78 Å². The summed E-state index contributed by atoms with van der Waals surface area (Å²) in [4.78, 5) is 19.8. The van der Waals surface area contributed by atoms with Gasteiger partial charge in [-0.15, -0.1) is 12.4 Å². The number of halogens is 2. The van der Waals surface area contributed by atoms with Crippen LogP contribution in [0.2, 0.25) is 5.02 Å². The van der Waals surface area contributed by atoms with Gasteiger partial charge in [0.1, 0.15) is 0 Å². The summed E-state index contributed by atoms with van der Waals surface area (Å²) >= 11 is 6.30. The molecule has 3 heterocycles. The van der Waals surface area contributed by atoms with Crippen molar-refractivity contribution in [1.82, 2.24) is 15.2 Å². The normalized spacial score (nSPS) is 18.1. The molecule has 0 saturated carbocycles. The van der Waals surface area contributed by atoms with E-state index in [-0.39, 0.29) is 31.1 Å². The molecule has 1 fully saturated rings. The van der Waals surface area contributed by atoms with E-state index < -0.39 is 0 Å². The molecule has 1 atom stereocenters. The topological polar surface area (TPSA) is 63.7 Å². The van der Waals surface area contributed by atoms with E-state index in [1.807, 2.05) is 23.1 Å². The van der Waals surface area contributed by atoms with Crippen LogP contribution in [0.4, 0.5) is 0 Å². The lowest BCUT2D eigenvalue weighted by molar-refractivity contribution is 0.0642. The zero-order chi connectivity index (χ0) is 18.6. The molecule has 150 valence electrons. The first-order chi connectivity index (χ1) is 13.2. The first-order valence-corrected chi connectivity index (χ1v) is 9.61. The number of rotatable bonds is 4. The number of nitrogens with one attached hydrogen (secondary N) is 1. The van der Waals surface area contributed by atoms with Crippen LogP contribution >= 0.6 is 24.0 Å². The van der Waals surface area contributed by atoms with E-state index in [4.69, 9.17) is 21.1 Å². The number of aromatic nitrogens is 1. The highest BCUT2D eigenvalue weighted by atomic mass is 35.5. The molecule has 1 aromatic carbocycles. The number of ether oxygens (including phenoxy) is 2. The van der Waals surface area contributed by atoms with Crippen LogP contribution in [0.25, 0.3) is 0 Å². The number of hydrogen-bond donors (Lipinski definition) is 1. The Kier molecular flexibility index (Phi) is 6.99. The minimum absolute atomic E-state index is 0. The first kappa shape index (κ1) is 20.7. The molecule has 8 heteroatoms. The zero-order valence-electron chi connectivity index (χ0n) is 15.4. The third-order valence-corrected chi connectivity index (χ3v) is 5.26. The number of carbonyl (C=O) groups is 1. The van der Waals surface area contributed by atoms with Gasteiger partial charge in [0, 0.05) is 17.8 Å². The van der Waals surface area contributed by atoms with E-state index in [0.717, 1.165) is 38.0 Å². The standard InChI is InChI=1S/C20H22ClN3O3.ClH/c21-17-10-14(11-18-19(17)27-13-26-18)20(25)24(12-15-4-1-2-8-23-15)16-5-3-7-22-9-6-16;/h1-2,4,8,10-11,16,22H,3,5-7,9,12-13H2;1H. The second-order valence-electron chi connectivity index (χ2n) is 6.78. The van der Waals surface area contributed by atoms with Crippen molar-refractivity contribution in [1.29, 1.82) is 0 Å². The van der Waals surface area contributed by atoms with Gasteiger partial charge >= 0.3 is 0 Å². The summed E-state index contributed by atoms with van der Waals surface area (Å²) in [5.41, 5.74) is 1.38. The molecule has 1 N–H and O–H groups in total. The molecule has 0 spiro atoms. The third-order valence-electron chi connectivity index (χ3n) is 4.98. The molecule has 1 amide bonds. The zero-order valence-corrected chi connectivity index (χ0v) is 17.0. The van der Waals surface area contributed by atoms with E-state index >= 15 is 0 Å². The lowest BCUT2D eigenvalue weighted by atomic mass is 10.0. The Morgan fingerprint density at radius 1 is 1.25 bits per heavy atom. The Labute approximate surface area is 175 Å². The van der Waals surface area contributed by atoms with Crippen molar-refractivity contribution in [2.45, 2.75) is 31.8 Å². The average Bonchev–Trinajstić information content (AvgIpc) is 3.01. The van der Waals surface area contributed by atoms with Crippen LogP contribution in [0.5, 0.6) is 11.5 Å². The summed E-state index contributed by atoms with van der Waals surface area (Å²) in [6.07, 6.45) is 4.67. The number of fused-ring (bicyclic) bond motifs is 1. The predicted octanol–water partition coefficient (Wildman–Crippen LogP) is 3.67. The van der Waals surface area contributed by atoms with E-state index in [1.165, 1.54) is 0 Å². The van der Waals surface area contributed by atoms with Crippen LogP contribution < -0.4 is 14.8 Å². The number of hydrogen-bond acceptors (Lipinski definition) is 5. The summed E-state index contributed by atoms with van der Waals surface area (Å²) in [6.45, 7) is 2.48. The average molecular weight is 424 g/mol. The van der Waals surface area contributed by atoms with Crippen LogP contribution in [0.15, 0.2) is 36.5 Å². The molecule has 1 aromatic heterocycles. The molecule has 2 aromatic rings. The van der Waals surface area contributed by atoms with Gasteiger partial charge < -0.3 is 19.7 Å². The molecule has 6 nitrogen and oxygen atoms in total. The highest BCUT2D eigenvalue weighted by Crippen LogP contribution is 2.40. The van der Waals surface area contributed by atoms with E-state index in [0.29, 0.717) is 28.6 Å². The fraction of sp³-hybridized carbons (Fsp3) is 0.400. The lowest BCUT2D eigenvalue weighted by Gasteiger charge is -2.31. The van der Waals surface area contributed by atoms with E-state index in [9.17, 15) is 4.79 Å². The summed E-state index contributed by atoms with van der Waals surface area (Å²) in [6, 6.07) is 9.30. The molecule has 1 unspecified atom stereocenters. The second-order valence-corrected chi connectivity index (χ2v) is 7.19. The molecular formula is C20H23Cl2N3O3. The van der Waals surface area contributed by atoms with Crippen molar-refractivity contribution in [3.63, 3.8) is 0 Å². The number of pyridine rings is 1. The van der Waals surface area contributed by atoms with E-state index in [2.05, 4.69) is 10.3 Å². The summed E-state index contributed by atoms with van der Waals surface area (Å²) in [5, 5.41) is 3.80. The fourth-order valence-electron chi connectivity index (χ4n) is 3.60. The van der Waals surface area contributed by atoms with Crippen molar-refractivity contribution in [3.05, 3.63) is 52.8 Å². The van der Waals surface area contributed by atoms with Gasteiger partial charge in [0.05, 0.1) is 17.3 Å². The maximum absolute atomic E-state index is 13.4. The molecule has 0 aliphatic carbocycles. The molecule has 1 saturated heterocycles. The Balaban J connectivity index is 0.00000225. The number of benzene rings is 1. The van der Waals surface area contributed by atoms with Crippen LogP contribution in [-0.2, 0) is 6.54 Å². The summed E-state index contributed by atoms with van der Waals surface area (Å²) < 4.78 is 10.8. The first-order valence-electron chi connectivity index (χ1n) is 9.23. The predicted molar refractivity (Wildman–Crippen MR) is 109 cm³/mol. The Morgan fingerprint density at radius 3 is 2.96 bits per heavy atom. The van der Waals surface area contributed by atoms with Crippen molar-refractivity contribution in [3.8, 4) is 11.5 Å². The number of amides is 1. The van der Waals surface area contributed by atoms with Gasteiger partial charge in [0.15, 0.2) is 11.5 Å². The van der Waals surface area contributed by atoms with Crippen LogP contribution in [0.3, 0.4) is 0 Å². The third kappa shape index (κ3) is 4.51. The summed E-state index contributed by atoms with van der Waals surface area (Å²) in [5.74, 6) is 0.960. The van der Waals surface area contributed by atoms with Gasteiger partial charge in [-0.1, -0.05) is 17.7 Å². The Hall–Kier alpha value is -2.02. The minimum atomic E-state index is -0.0623. The van der Waals surface area contributed by atoms with Crippen molar-refractivity contribution < 1.29 is 14.3 Å². The molecule has 0 bridgehead atoms. The van der Waals surface area contributed by atoms with E-state index in [1.54, 1.807) is 18.3 Å². The van der Waals surface area contributed by atoms with Crippen LogP contribution in [0, 0.1) is 0 Å². The van der Waals surface area contributed by atoms with Crippen molar-refractivity contribution in [2.24, 2.45) is 0 Å². The van der Waals surface area contributed by atoms with Gasteiger partial charge in [-0.2, -0.15) is 0 Å². The Bertz CT molecular complexity index is 812. The smallest absolute Gasteiger partial charge is 0.254 e. The molecule has 0 radical (unpaired) electrons. The molecule has 4 rings (SSSR count). The second kappa shape index (κ2) is 9.45. The molecule has 2 aliphatic heterocycles.